The van der Waals surface area contributed by atoms with E-state index in [0.29, 0.717) is 37.0 Å². The largest absolute Gasteiger partial charge is 0.393 e. The van der Waals surface area contributed by atoms with Gasteiger partial charge in [0, 0.05) is 12.8 Å². The normalized spacial score (nSPS) is 39.0. The van der Waals surface area contributed by atoms with Crippen LogP contribution in [0.25, 0.3) is 0 Å². The molecule has 3 aliphatic carbocycles. The van der Waals surface area contributed by atoms with E-state index in [4.69, 9.17) is 0 Å². The lowest BCUT2D eigenvalue weighted by atomic mass is 9.60. The summed E-state index contributed by atoms with van der Waals surface area (Å²) in [6.07, 6.45) is 10.8. The van der Waals surface area contributed by atoms with Gasteiger partial charge in [-0.1, -0.05) is 38.2 Å². The van der Waals surface area contributed by atoms with Crippen LogP contribution in [0, 0.1) is 23.2 Å². The lowest BCUT2D eigenvalue weighted by Crippen LogP contribution is -2.37. The number of fused-ring (bicyclic) bond motifs is 1. The predicted octanol–water partition coefficient (Wildman–Crippen LogP) is 4.68. The Hall–Kier alpha value is -0.940. The molecule has 176 valence electrons. The van der Waals surface area contributed by atoms with Gasteiger partial charge in [-0.3, -0.25) is 0 Å². The Morgan fingerprint density at radius 1 is 1.23 bits per heavy atom. The summed E-state index contributed by atoms with van der Waals surface area (Å²) in [6, 6.07) is 0. The highest BCUT2D eigenvalue weighted by Crippen LogP contribution is 2.60. The van der Waals surface area contributed by atoms with Crippen molar-refractivity contribution in [1.29, 1.82) is 0 Å². The number of allylic oxidation sites excluding steroid dienone is 3. The van der Waals surface area contributed by atoms with E-state index in [1.165, 1.54) is 31.3 Å². The van der Waals surface area contributed by atoms with Crippen LogP contribution in [0.1, 0.15) is 85.5 Å². The van der Waals surface area contributed by atoms with Crippen LogP contribution in [-0.2, 0) is 0 Å². The maximum absolute atomic E-state index is 10.5. The second-order valence-corrected chi connectivity index (χ2v) is 11.5. The quantitative estimate of drug-likeness (QED) is 0.491. The summed E-state index contributed by atoms with van der Waals surface area (Å²) in [6.45, 7) is 12.3. The maximum atomic E-state index is 10.5. The predicted molar refractivity (Wildman–Crippen MR) is 125 cm³/mol. The van der Waals surface area contributed by atoms with Gasteiger partial charge >= 0.3 is 0 Å². The Labute approximate surface area is 188 Å². The number of hydrogen-bond donors (Lipinski definition) is 4. The number of rotatable bonds is 6. The van der Waals surface area contributed by atoms with Crippen molar-refractivity contribution in [3.63, 3.8) is 0 Å². The first-order valence-corrected chi connectivity index (χ1v) is 12.3. The molecule has 4 N–H and O–H groups in total. The highest BCUT2D eigenvalue weighted by atomic mass is 16.3. The molecule has 0 saturated heterocycles. The van der Waals surface area contributed by atoms with Crippen molar-refractivity contribution in [1.82, 2.24) is 0 Å². The van der Waals surface area contributed by atoms with Crippen molar-refractivity contribution in [3.05, 3.63) is 35.5 Å². The smallest absolute Gasteiger partial charge is 0.0811 e. The van der Waals surface area contributed by atoms with E-state index in [9.17, 15) is 20.4 Å². The molecule has 0 radical (unpaired) electrons. The summed E-state index contributed by atoms with van der Waals surface area (Å²) in [5.41, 5.74) is 2.64. The fraction of sp³-hybridized carbons (Fsp3) is 0.778. The molecular weight excluding hydrogens is 388 g/mol. The van der Waals surface area contributed by atoms with E-state index in [0.717, 1.165) is 24.0 Å². The van der Waals surface area contributed by atoms with Crippen LogP contribution in [0.4, 0.5) is 0 Å². The van der Waals surface area contributed by atoms with Gasteiger partial charge in [-0.05, 0) is 93.1 Å². The van der Waals surface area contributed by atoms with Crippen molar-refractivity contribution in [3.8, 4) is 0 Å². The molecule has 0 bridgehead atoms. The molecule has 0 aromatic heterocycles. The molecule has 3 aliphatic rings. The van der Waals surface area contributed by atoms with E-state index in [2.05, 4.69) is 32.6 Å². The zero-order chi connectivity index (χ0) is 23.0. The van der Waals surface area contributed by atoms with Crippen molar-refractivity contribution in [2.45, 2.75) is 109 Å². The van der Waals surface area contributed by atoms with Gasteiger partial charge in [0.05, 0.1) is 23.9 Å². The first kappa shape index (κ1) is 24.7. The molecule has 0 heterocycles. The highest BCUT2D eigenvalue weighted by molar-refractivity contribution is 5.38. The third-order valence-electron chi connectivity index (χ3n) is 8.37. The summed E-state index contributed by atoms with van der Waals surface area (Å²) >= 11 is 0. The van der Waals surface area contributed by atoms with Gasteiger partial charge in [-0.2, -0.15) is 0 Å². The van der Waals surface area contributed by atoms with Crippen LogP contribution in [-0.4, -0.2) is 44.3 Å². The average Bonchev–Trinajstić information content (AvgIpc) is 2.99. The molecule has 0 aliphatic heterocycles. The third-order valence-corrected chi connectivity index (χ3v) is 8.37. The minimum Gasteiger partial charge on any atom is -0.393 e. The minimum absolute atomic E-state index is 0.249. The Morgan fingerprint density at radius 2 is 1.94 bits per heavy atom. The minimum atomic E-state index is -0.834. The molecule has 0 aromatic carbocycles. The fourth-order valence-corrected chi connectivity index (χ4v) is 6.93. The van der Waals surface area contributed by atoms with Gasteiger partial charge in [0.2, 0.25) is 0 Å². The summed E-state index contributed by atoms with van der Waals surface area (Å²) < 4.78 is 0. The van der Waals surface area contributed by atoms with E-state index in [1.54, 1.807) is 13.8 Å². The van der Waals surface area contributed by atoms with Crippen LogP contribution < -0.4 is 0 Å². The lowest BCUT2D eigenvalue weighted by Gasteiger charge is -2.44. The van der Waals surface area contributed by atoms with Gasteiger partial charge < -0.3 is 20.4 Å². The van der Waals surface area contributed by atoms with E-state index in [-0.39, 0.29) is 5.41 Å². The Balaban J connectivity index is 1.72. The molecule has 0 spiro atoms. The zero-order valence-corrected chi connectivity index (χ0v) is 20.0. The molecule has 4 heteroatoms. The fourth-order valence-electron chi connectivity index (χ4n) is 6.93. The Bertz CT molecular complexity index is 715. The van der Waals surface area contributed by atoms with Gasteiger partial charge in [-0.25, -0.2) is 0 Å². The molecule has 4 nitrogen and oxygen atoms in total. The van der Waals surface area contributed by atoms with Crippen molar-refractivity contribution >= 4 is 0 Å². The second-order valence-electron chi connectivity index (χ2n) is 11.5. The summed E-state index contributed by atoms with van der Waals surface area (Å²) in [7, 11) is 0. The van der Waals surface area contributed by atoms with Gasteiger partial charge in [0.15, 0.2) is 0 Å². The average molecular weight is 433 g/mol. The molecule has 7 atom stereocenters. The first-order valence-electron chi connectivity index (χ1n) is 12.3. The van der Waals surface area contributed by atoms with Crippen LogP contribution in [0.15, 0.2) is 35.5 Å². The lowest BCUT2D eigenvalue weighted by molar-refractivity contribution is 0.000127. The number of aliphatic hydroxyl groups is 4. The van der Waals surface area contributed by atoms with Crippen molar-refractivity contribution < 1.29 is 20.4 Å². The maximum Gasteiger partial charge on any atom is 0.0811 e. The SMILES string of the molecule is C=C1/C(=C\C=C2CCC[C@@]3(C)C2CC[C@@H]3[C@H](C)CC(O)CC(C)(C)O)C[C@@H](O)C[C@H]1O. The van der Waals surface area contributed by atoms with Gasteiger partial charge in [-0.15, -0.1) is 0 Å². The second kappa shape index (κ2) is 9.51. The molecular formula is C27H44O4. The van der Waals surface area contributed by atoms with Crippen LogP contribution >= 0.6 is 0 Å². The first-order chi connectivity index (χ1) is 14.4. The van der Waals surface area contributed by atoms with Crippen LogP contribution in [0.2, 0.25) is 0 Å². The van der Waals surface area contributed by atoms with Crippen LogP contribution in [0.3, 0.4) is 0 Å². The topological polar surface area (TPSA) is 80.9 Å². The summed E-state index contributed by atoms with van der Waals surface area (Å²) in [5, 5.41) is 40.7. The number of hydrogen-bond acceptors (Lipinski definition) is 4. The van der Waals surface area contributed by atoms with Crippen molar-refractivity contribution in [2.24, 2.45) is 23.2 Å². The highest BCUT2D eigenvalue weighted by Gasteiger charge is 2.50. The molecule has 3 rings (SSSR count). The van der Waals surface area contributed by atoms with Gasteiger partial charge in [0.25, 0.3) is 0 Å². The monoisotopic (exact) mass is 432 g/mol. The van der Waals surface area contributed by atoms with Crippen LogP contribution in [0.5, 0.6) is 0 Å². The zero-order valence-electron chi connectivity index (χ0n) is 20.0. The van der Waals surface area contributed by atoms with E-state index >= 15 is 0 Å². The molecule has 2 unspecified atom stereocenters. The Kier molecular flexibility index (Phi) is 7.57. The standard InChI is InChI=1S/C27H44O4/c1-17(13-22(29)16-26(3,4)31)23-10-11-24-19(7-6-12-27(23,24)5)8-9-20-14-21(28)15-25(30)18(20)2/h8-9,17,21-25,28-31H,2,6-7,10-16H2,1,3-5H3/b19-8?,20-9-/t17-,21-,22?,23-,24?,25-,27-/m1/s1. The summed E-state index contributed by atoms with van der Waals surface area (Å²) in [4.78, 5) is 0. The number of aliphatic hydroxyl groups excluding tert-OH is 3. The third kappa shape index (κ3) is 5.71. The molecule has 3 saturated carbocycles. The summed E-state index contributed by atoms with van der Waals surface area (Å²) in [5.74, 6) is 1.57. The molecule has 0 aromatic rings. The molecule has 0 amide bonds. The molecule has 3 fully saturated rings. The Morgan fingerprint density at radius 3 is 2.61 bits per heavy atom. The van der Waals surface area contributed by atoms with Crippen molar-refractivity contribution in [2.75, 3.05) is 0 Å². The van der Waals surface area contributed by atoms with E-state index in [1.807, 2.05) is 0 Å². The van der Waals surface area contributed by atoms with Gasteiger partial charge in [0.1, 0.15) is 0 Å². The molecule has 31 heavy (non-hydrogen) atoms. The van der Waals surface area contributed by atoms with E-state index < -0.39 is 23.9 Å².